The van der Waals surface area contributed by atoms with E-state index in [1.165, 1.54) is 11.1 Å². The molecule has 5 nitrogen and oxygen atoms in total. The second-order valence-electron chi connectivity index (χ2n) is 8.19. The van der Waals surface area contributed by atoms with Crippen LogP contribution in [0.25, 0.3) is 0 Å². The van der Waals surface area contributed by atoms with E-state index in [1.54, 1.807) is 6.92 Å². The summed E-state index contributed by atoms with van der Waals surface area (Å²) in [5.41, 5.74) is 2.82. The van der Waals surface area contributed by atoms with Gasteiger partial charge in [-0.05, 0) is 48.7 Å². The van der Waals surface area contributed by atoms with Gasteiger partial charge in [-0.1, -0.05) is 20.8 Å². The number of rotatable bonds is 6. The van der Waals surface area contributed by atoms with Gasteiger partial charge in [0.15, 0.2) is 8.32 Å². The van der Waals surface area contributed by atoms with E-state index in [1.807, 2.05) is 12.3 Å². The Kier molecular flexibility index (Phi) is 6.40. The number of hydrogen-bond donors (Lipinski definition) is 0. The molecule has 0 fully saturated rings. The summed E-state index contributed by atoms with van der Waals surface area (Å²) in [5, 5.41) is 0.245. The zero-order chi connectivity index (χ0) is 18.7. The molecule has 0 saturated carbocycles. The summed E-state index contributed by atoms with van der Waals surface area (Å²) >= 11 is 0. The number of fused-ring (bicyclic) bond motifs is 1. The summed E-state index contributed by atoms with van der Waals surface area (Å²) in [4.78, 5) is 18.5. The smallest absolute Gasteiger partial charge is 0.356 e. The molecule has 0 spiro atoms. The van der Waals surface area contributed by atoms with Crippen molar-refractivity contribution in [1.29, 1.82) is 0 Å². The highest BCUT2D eigenvalue weighted by molar-refractivity contribution is 6.74. The van der Waals surface area contributed by atoms with Crippen LogP contribution in [0.15, 0.2) is 12.3 Å². The van der Waals surface area contributed by atoms with Crippen LogP contribution in [-0.4, -0.2) is 50.5 Å². The maximum Gasteiger partial charge on any atom is 0.356 e. The average Bonchev–Trinajstić information content (AvgIpc) is 2.53. The van der Waals surface area contributed by atoms with E-state index < -0.39 is 8.32 Å². The quantitative estimate of drug-likeness (QED) is 0.570. The predicted molar refractivity (Wildman–Crippen MR) is 102 cm³/mol. The Morgan fingerprint density at radius 3 is 2.68 bits per heavy atom. The second-order valence-corrected chi connectivity index (χ2v) is 13.0. The summed E-state index contributed by atoms with van der Waals surface area (Å²) in [5.74, 6) is -0.338. The fourth-order valence-electron chi connectivity index (χ4n) is 2.65. The first-order valence-corrected chi connectivity index (χ1v) is 12.1. The highest BCUT2D eigenvalue weighted by Gasteiger charge is 2.37. The van der Waals surface area contributed by atoms with Crippen molar-refractivity contribution in [2.75, 3.05) is 26.3 Å². The van der Waals surface area contributed by atoms with Crippen LogP contribution in [0.2, 0.25) is 18.1 Å². The summed E-state index contributed by atoms with van der Waals surface area (Å²) in [6, 6.07) is 1.89. The minimum atomic E-state index is -1.68. The number of aromatic nitrogens is 1. The highest BCUT2D eigenvalue weighted by Crippen LogP contribution is 2.36. The van der Waals surface area contributed by atoms with Gasteiger partial charge in [0.1, 0.15) is 5.69 Å². The van der Waals surface area contributed by atoms with Gasteiger partial charge >= 0.3 is 5.97 Å². The van der Waals surface area contributed by atoms with Gasteiger partial charge in [0.2, 0.25) is 0 Å². The first-order chi connectivity index (χ1) is 11.6. The molecule has 0 N–H and O–H groups in total. The molecule has 1 aromatic heterocycles. The monoisotopic (exact) mass is 364 g/mol. The molecule has 2 heterocycles. The van der Waals surface area contributed by atoms with Crippen LogP contribution < -0.4 is 0 Å². The van der Waals surface area contributed by atoms with Gasteiger partial charge in [-0.25, -0.2) is 9.78 Å². The first kappa shape index (κ1) is 20.1. The zero-order valence-electron chi connectivity index (χ0n) is 16.5. The number of ether oxygens (including phenoxy) is 1. The third kappa shape index (κ3) is 5.12. The SMILES string of the molecule is CCOC(=O)c1cc2c(cn1)CN(CCO[Si](C)(C)C(C)(C)C)CC2. The van der Waals surface area contributed by atoms with E-state index in [4.69, 9.17) is 9.16 Å². The number of carbonyl (C=O) groups is 1. The van der Waals surface area contributed by atoms with E-state index >= 15 is 0 Å². The van der Waals surface area contributed by atoms with Crippen molar-refractivity contribution in [1.82, 2.24) is 9.88 Å². The number of nitrogens with zero attached hydrogens (tertiary/aromatic N) is 2. The molecule has 6 heteroatoms. The number of pyridine rings is 1. The molecule has 0 atom stereocenters. The van der Waals surface area contributed by atoms with E-state index in [-0.39, 0.29) is 11.0 Å². The predicted octanol–water partition coefficient (Wildman–Crippen LogP) is 3.64. The molecule has 25 heavy (non-hydrogen) atoms. The molecule has 0 amide bonds. The maximum atomic E-state index is 11.8. The fourth-order valence-corrected chi connectivity index (χ4v) is 3.69. The third-order valence-electron chi connectivity index (χ3n) is 5.34. The summed E-state index contributed by atoms with van der Waals surface area (Å²) in [7, 11) is -1.68. The molecule has 140 valence electrons. The molecule has 0 unspecified atom stereocenters. The van der Waals surface area contributed by atoms with Crippen molar-refractivity contribution in [3.05, 3.63) is 29.1 Å². The van der Waals surface area contributed by atoms with Crippen molar-refractivity contribution in [3.8, 4) is 0 Å². The standard InChI is InChI=1S/C19H32N2O3Si/c1-7-23-18(22)17-12-15-8-9-21(14-16(15)13-20-17)10-11-24-25(5,6)19(2,3)4/h12-13H,7-11,14H2,1-6H3. The molecular formula is C19H32N2O3Si. The molecule has 0 aliphatic carbocycles. The van der Waals surface area contributed by atoms with Gasteiger partial charge < -0.3 is 9.16 Å². The van der Waals surface area contributed by atoms with Crippen molar-refractivity contribution in [2.45, 2.75) is 58.8 Å². The van der Waals surface area contributed by atoms with Gasteiger partial charge in [0.25, 0.3) is 0 Å². The molecule has 0 bridgehead atoms. The topological polar surface area (TPSA) is 51.7 Å². The molecule has 0 saturated heterocycles. The molecule has 0 radical (unpaired) electrons. The van der Waals surface area contributed by atoms with Gasteiger partial charge in [0.05, 0.1) is 6.61 Å². The van der Waals surface area contributed by atoms with E-state index in [0.717, 1.165) is 32.7 Å². The molecule has 2 rings (SSSR count). The van der Waals surface area contributed by atoms with Crippen LogP contribution in [-0.2, 0) is 22.1 Å². The van der Waals surface area contributed by atoms with Crippen LogP contribution in [0.1, 0.15) is 49.3 Å². The summed E-state index contributed by atoms with van der Waals surface area (Å²) in [6.45, 7) is 17.1. The Bertz CT molecular complexity index is 611. The van der Waals surface area contributed by atoms with Crippen LogP contribution in [0.4, 0.5) is 0 Å². The lowest BCUT2D eigenvalue weighted by Gasteiger charge is -2.37. The van der Waals surface area contributed by atoms with Gasteiger partial charge in [0, 0.05) is 32.4 Å². The normalized spacial score (nSPS) is 15.8. The van der Waals surface area contributed by atoms with Crippen LogP contribution in [0, 0.1) is 0 Å². The Hall–Kier alpha value is -1.24. The van der Waals surface area contributed by atoms with Gasteiger partial charge in [-0.3, -0.25) is 4.90 Å². The minimum absolute atomic E-state index is 0.245. The summed E-state index contributed by atoms with van der Waals surface area (Å²) in [6.07, 6.45) is 2.76. The van der Waals surface area contributed by atoms with Crippen LogP contribution in [0.3, 0.4) is 0 Å². The van der Waals surface area contributed by atoms with Gasteiger partial charge in [-0.15, -0.1) is 0 Å². The third-order valence-corrected chi connectivity index (χ3v) is 9.87. The molecule has 1 aliphatic rings. The number of esters is 1. The van der Waals surface area contributed by atoms with Crippen LogP contribution >= 0.6 is 0 Å². The van der Waals surface area contributed by atoms with Crippen molar-refractivity contribution >= 4 is 14.3 Å². The molecule has 1 aromatic rings. The lowest BCUT2D eigenvalue weighted by Crippen LogP contribution is -2.43. The lowest BCUT2D eigenvalue weighted by molar-refractivity contribution is 0.0519. The van der Waals surface area contributed by atoms with Crippen LogP contribution in [0.5, 0.6) is 0 Å². The maximum absolute atomic E-state index is 11.8. The molecule has 1 aliphatic heterocycles. The second kappa shape index (κ2) is 7.97. The Labute approximate surface area is 152 Å². The van der Waals surface area contributed by atoms with Crippen molar-refractivity contribution in [3.63, 3.8) is 0 Å². The fraction of sp³-hybridized carbons (Fsp3) is 0.684. The average molecular weight is 365 g/mol. The Morgan fingerprint density at radius 2 is 2.04 bits per heavy atom. The van der Waals surface area contributed by atoms with Gasteiger partial charge in [-0.2, -0.15) is 0 Å². The largest absolute Gasteiger partial charge is 0.461 e. The molecular weight excluding hydrogens is 332 g/mol. The first-order valence-electron chi connectivity index (χ1n) is 9.15. The van der Waals surface area contributed by atoms with Crippen molar-refractivity contribution in [2.24, 2.45) is 0 Å². The van der Waals surface area contributed by atoms with Crippen molar-refractivity contribution < 1.29 is 14.0 Å². The Balaban J connectivity index is 1.90. The van der Waals surface area contributed by atoms with E-state index in [9.17, 15) is 4.79 Å². The number of hydrogen-bond acceptors (Lipinski definition) is 5. The molecule has 0 aromatic carbocycles. The minimum Gasteiger partial charge on any atom is -0.461 e. The summed E-state index contributed by atoms with van der Waals surface area (Å²) < 4.78 is 11.3. The van der Waals surface area contributed by atoms with E-state index in [2.05, 4.69) is 43.7 Å². The zero-order valence-corrected chi connectivity index (χ0v) is 17.5. The number of carbonyl (C=O) groups excluding carboxylic acids is 1. The highest BCUT2D eigenvalue weighted by atomic mass is 28.4. The lowest BCUT2D eigenvalue weighted by atomic mass is 10.0. The van der Waals surface area contributed by atoms with E-state index in [0.29, 0.717) is 12.3 Å². The Morgan fingerprint density at radius 1 is 1.32 bits per heavy atom.